The van der Waals surface area contributed by atoms with Gasteiger partial charge in [0.25, 0.3) is 5.69 Å². The lowest BCUT2D eigenvalue weighted by Gasteiger charge is -2.08. The predicted molar refractivity (Wildman–Crippen MR) is 85.4 cm³/mol. The third-order valence-corrected chi connectivity index (χ3v) is 3.52. The monoisotopic (exact) mass is 324 g/mol. The zero-order chi connectivity index (χ0) is 16.4. The van der Waals surface area contributed by atoms with Gasteiger partial charge in [-0.15, -0.1) is 0 Å². The summed E-state index contributed by atoms with van der Waals surface area (Å²) in [6, 6.07) is 16.7. The Morgan fingerprint density at radius 3 is 2.52 bits per heavy atom. The van der Waals surface area contributed by atoms with Crippen LogP contribution in [-0.4, -0.2) is 14.7 Å². The van der Waals surface area contributed by atoms with Crippen molar-refractivity contribution in [2.75, 3.05) is 0 Å². The molecule has 0 aliphatic heterocycles. The second-order valence-electron chi connectivity index (χ2n) is 4.69. The third-order valence-electron chi connectivity index (χ3n) is 3.27. The van der Waals surface area contributed by atoms with Crippen LogP contribution in [0.1, 0.15) is 5.69 Å². The van der Waals surface area contributed by atoms with Gasteiger partial charge in [-0.05, 0) is 18.2 Å². The Labute approximate surface area is 136 Å². The van der Waals surface area contributed by atoms with Crippen LogP contribution >= 0.6 is 11.6 Å². The van der Waals surface area contributed by atoms with Crippen LogP contribution in [0.5, 0.6) is 0 Å². The minimum atomic E-state index is -0.477. The van der Waals surface area contributed by atoms with Crippen LogP contribution in [0, 0.1) is 21.4 Å². The summed E-state index contributed by atoms with van der Waals surface area (Å²) in [5, 5.41) is 25.1. The van der Waals surface area contributed by atoms with E-state index in [1.54, 1.807) is 48.5 Å². The lowest BCUT2D eigenvalue weighted by Crippen LogP contribution is -2.03. The molecule has 0 unspecified atom stereocenters. The third kappa shape index (κ3) is 2.78. The van der Waals surface area contributed by atoms with E-state index in [-0.39, 0.29) is 11.4 Å². The van der Waals surface area contributed by atoms with Gasteiger partial charge >= 0.3 is 0 Å². The lowest BCUT2D eigenvalue weighted by atomic mass is 10.1. The normalized spacial score (nSPS) is 10.3. The van der Waals surface area contributed by atoms with Gasteiger partial charge in [-0.2, -0.15) is 10.4 Å². The number of hydrogen-bond acceptors (Lipinski definition) is 4. The van der Waals surface area contributed by atoms with E-state index in [1.807, 2.05) is 6.07 Å². The van der Waals surface area contributed by atoms with Crippen LogP contribution in [0.2, 0.25) is 5.02 Å². The molecule has 112 valence electrons. The van der Waals surface area contributed by atoms with Crippen LogP contribution in [0.15, 0.2) is 54.6 Å². The van der Waals surface area contributed by atoms with E-state index in [2.05, 4.69) is 5.10 Å². The van der Waals surface area contributed by atoms with Crippen molar-refractivity contribution in [3.05, 3.63) is 75.4 Å². The van der Waals surface area contributed by atoms with E-state index in [9.17, 15) is 10.1 Å². The van der Waals surface area contributed by atoms with Gasteiger partial charge in [0, 0.05) is 22.7 Å². The molecule has 1 heterocycles. The van der Waals surface area contributed by atoms with Crippen molar-refractivity contribution in [1.29, 1.82) is 5.26 Å². The smallest absolute Gasteiger partial charge is 0.258 e. The summed E-state index contributed by atoms with van der Waals surface area (Å²) in [5.74, 6) is 0. The number of benzene rings is 2. The molecule has 3 rings (SSSR count). The first-order valence-corrected chi connectivity index (χ1v) is 6.98. The highest BCUT2D eigenvalue weighted by Crippen LogP contribution is 2.29. The van der Waals surface area contributed by atoms with E-state index in [0.29, 0.717) is 16.4 Å². The standard InChI is InChI=1S/C16H9ClN4O2/c17-12-7-5-11(6-8-12)16-9-13(10-18)19-20(16)14-3-1-2-4-15(14)21(22)23/h1-9H. The van der Waals surface area contributed by atoms with Crippen molar-refractivity contribution in [3.8, 4) is 23.0 Å². The van der Waals surface area contributed by atoms with Crippen molar-refractivity contribution >= 4 is 17.3 Å². The summed E-state index contributed by atoms with van der Waals surface area (Å²) >= 11 is 5.89. The first-order chi connectivity index (χ1) is 11.1. The van der Waals surface area contributed by atoms with E-state index in [1.165, 1.54) is 10.7 Å². The maximum Gasteiger partial charge on any atom is 0.294 e. The summed E-state index contributed by atoms with van der Waals surface area (Å²) in [7, 11) is 0. The van der Waals surface area contributed by atoms with Gasteiger partial charge in [0.05, 0.1) is 10.6 Å². The van der Waals surface area contributed by atoms with Gasteiger partial charge in [-0.25, -0.2) is 4.68 Å². The molecule has 3 aromatic rings. The van der Waals surface area contributed by atoms with Crippen LogP contribution < -0.4 is 0 Å². The maximum atomic E-state index is 11.2. The SMILES string of the molecule is N#Cc1cc(-c2ccc(Cl)cc2)n(-c2ccccc2[N+](=O)[O-])n1. The van der Waals surface area contributed by atoms with Gasteiger partial charge in [-0.1, -0.05) is 35.9 Å². The lowest BCUT2D eigenvalue weighted by molar-refractivity contribution is -0.384. The van der Waals surface area contributed by atoms with Crippen molar-refractivity contribution in [2.45, 2.75) is 0 Å². The Morgan fingerprint density at radius 2 is 1.87 bits per heavy atom. The first-order valence-electron chi connectivity index (χ1n) is 6.60. The fraction of sp³-hybridized carbons (Fsp3) is 0. The highest BCUT2D eigenvalue weighted by Gasteiger charge is 2.19. The molecule has 0 fully saturated rings. The fourth-order valence-corrected chi connectivity index (χ4v) is 2.37. The number of nitro groups is 1. The molecule has 23 heavy (non-hydrogen) atoms. The molecular weight excluding hydrogens is 316 g/mol. The van der Waals surface area contributed by atoms with E-state index >= 15 is 0 Å². The molecule has 0 radical (unpaired) electrons. The Bertz CT molecular complexity index is 926. The molecule has 2 aromatic carbocycles. The van der Waals surface area contributed by atoms with Crippen molar-refractivity contribution in [2.24, 2.45) is 0 Å². The van der Waals surface area contributed by atoms with E-state index < -0.39 is 4.92 Å². The second-order valence-corrected chi connectivity index (χ2v) is 5.13. The van der Waals surface area contributed by atoms with Crippen LogP contribution in [0.4, 0.5) is 5.69 Å². The molecule has 0 amide bonds. The summed E-state index contributed by atoms with van der Waals surface area (Å²) in [6.07, 6.45) is 0. The molecule has 0 atom stereocenters. The Kier molecular flexibility index (Phi) is 3.79. The molecule has 0 saturated heterocycles. The van der Waals surface area contributed by atoms with Crippen LogP contribution in [-0.2, 0) is 0 Å². The molecule has 0 saturated carbocycles. The van der Waals surface area contributed by atoms with E-state index in [0.717, 1.165) is 5.56 Å². The number of rotatable bonds is 3. The quantitative estimate of drug-likeness (QED) is 0.539. The molecule has 0 bridgehead atoms. The molecule has 1 aromatic heterocycles. The zero-order valence-electron chi connectivity index (χ0n) is 11.7. The van der Waals surface area contributed by atoms with Crippen molar-refractivity contribution < 1.29 is 4.92 Å². The molecule has 7 heteroatoms. The summed E-state index contributed by atoms with van der Waals surface area (Å²) < 4.78 is 1.40. The fourth-order valence-electron chi connectivity index (χ4n) is 2.24. The highest BCUT2D eigenvalue weighted by atomic mass is 35.5. The number of hydrogen-bond donors (Lipinski definition) is 0. The minimum Gasteiger partial charge on any atom is -0.258 e. The van der Waals surface area contributed by atoms with Gasteiger partial charge in [-0.3, -0.25) is 10.1 Å². The maximum absolute atomic E-state index is 11.2. The Hall–Kier alpha value is -3.17. The minimum absolute atomic E-state index is 0.0877. The topological polar surface area (TPSA) is 84.8 Å². The predicted octanol–water partition coefficient (Wildman–Crippen LogP) is 3.97. The number of aromatic nitrogens is 2. The number of nitrogens with zero attached hydrogens (tertiary/aromatic N) is 4. The average Bonchev–Trinajstić information content (AvgIpc) is 2.99. The molecule has 0 N–H and O–H groups in total. The number of para-hydroxylation sites is 2. The molecule has 0 aliphatic carbocycles. The van der Waals surface area contributed by atoms with E-state index in [4.69, 9.17) is 16.9 Å². The largest absolute Gasteiger partial charge is 0.294 e. The molecule has 6 nitrogen and oxygen atoms in total. The van der Waals surface area contributed by atoms with Crippen molar-refractivity contribution in [3.63, 3.8) is 0 Å². The van der Waals surface area contributed by atoms with Gasteiger partial charge in [0.1, 0.15) is 11.8 Å². The first kappa shape index (κ1) is 14.8. The summed E-state index contributed by atoms with van der Waals surface area (Å²) in [5.41, 5.74) is 1.71. The molecule has 0 spiro atoms. The number of nitriles is 1. The van der Waals surface area contributed by atoms with Crippen LogP contribution in [0.25, 0.3) is 16.9 Å². The summed E-state index contributed by atoms with van der Waals surface area (Å²) in [6.45, 7) is 0. The second kappa shape index (κ2) is 5.91. The van der Waals surface area contributed by atoms with Gasteiger partial charge < -0.3 is 0 Å². The van der Waals surface area contributed by atoms with Crippen molar-refractivity contribution in [1.82, 2.24) is 9.78 Å². The highest BCUT2D eigenvalue weighted by molar-refractivity contribution is 6.30. The zero-order valence-corrected chi connectivity index (χ0v) is 12.4. The number of halogens is 1. The average molecular weight is 325 g/mol. The summed E-state index contributed by atoms with van der Waals surface area (Å²) in [4.78, 5) is 10.8. The van der Waals surface area contributed by atoms with Crippen LogP contribution in [0.3, 0.4) is 0 Å². The molecular formula is C16H9ClN4O2. The van der Waals surface area contributed by atoms with Gasteiger partial charge in [0.15, 0.2) is 5.69 Å². The molecule has 0 aliphatic rings. The number of nitro benzene ring substituents is 1. The Balaban J connectivity index is 2.25. The Morgan fingerprint density at radius 1 is 1.17 bits per heavy atom. The van der Waals surface area contributed by atoms with Gasteiger partial charge in [0.2, 0.25) is 0 Å².